The molecule has 4 rings (SSSR count). The first kappa shape index (κ1) is 18.9. The average molecular weight is 407 g/mol. The third-order valence-electron chi connectivity index (χ3n) is 4.75. The van der Waals surface area contributed by atoms with Crippen molar-refractivity contribution in [3.05, 3.63) is 78.1 Å². The van der Waals surface area contributed by atoms with Gasteiger partial charge in [-0.25, -0.2) is 13.4 Å². The first-order chi connectivity index (χ1) is 13.9. The van der Waals surface area contributed by atoms with Gasteiger partial charge in [0.2, 0.25) is 10.0 Å². The molecule has 7 nitrogen and oxygen atoms in total. The first-order valence-corrected chi connectivity index (χ1v) is 10.8. The molecule has 0 aliphatic heterocycles. The van der Waals surface area contributed by atoms with E-state index in [2.05, 4.69) is 14.8 Å². The van der Waals surface area contributed by atoms with Crippen LogP contribution in [0, 0.1) is 6.92 Å². The summed E-state index contributed by atoms with van der Waals surface area (Å²) < 4.78 is 29.1. The van der Waals surface area contributed by atoms with Crippen LogP contribution in [0.2, 0.25) is 0 Å². The normalized spacial score (nSPS) is 11.6. The minimum atomic E-state index is -3.46. The summed E-state index contributed by atoms with van der Waals surface area (Å²) in [6.07, 6.45) is 3.81. The van der Waals surface area contributed by atoms with Gasteiger partial charge in [-0.2, -0.15) is 9.61 Å². The number of hydrogen-bond donors (Lipinski definition) is 2. The van der Waals surface area contributed by atoms with Crippen LogP contribution in [-0.2, 0) is 16.4 Å². The fourth-order valence-corrected chi connectivity index (χ4v) is 4.35. The van der Waals surface area contributed by atoms with E-state index in [0.29, 0.717) is 23.6 Å². The Morgan fingerprint density at radius 1 is 1.07 bits per heavy atom. The number of aromatic nitrogens is 3. The van der Waals surface area contributed by atoms with Crippen LogP contribution < -0.4 is 10.5 Å². The number of hydrogen-bond acceptors (Lipinski definition) is 5. The van der Waals surface area contributed by atoms with Crippen LogP contribution in [0.4, 0.5) is 11.5 Å². The number of nitrogen functional groups attached to an aromatic ring is 1. The number of nitrogens with two attached hydrogens (primary N) is 1. The smallest absolute Gasteiger partial charge is 0.233 e. The Labute approximate surface area is 169 Å². The van der Waals surface area contributed by atoms with Crippen molar-refractivity contribution in [2.75, 3.05) is 16.2 Å². The highest BCUT2D eigenvalue weighted by Crippen LogP contribution is 2.30. The van der Waals surface area contributed by atoms with Crippen molar-refractivity contribution in [2.24, 2.45) is 0 Å². The molecule has 0 unspecified atom stereocenters. The fourth-order valence-electron chi connectivity index (χ4n) is 3.26. The van der Waals surface area contributed by atoms with E-state index < -0.39 is 10.0 Å². The zero-order valence-corrected chi connectivity index (χ0v) is 16.7. The maximum atomic E-state index is 12.5. The molecular formula is C21H21N5O2S. The van der Waals surface area contributed by atoms with Crippen LogP contribution in [0.15, 0.2) is 67.0 Å². The zero-order chi connectivity index (χ0) is 20.4. The van der Waals surface area contributed by atoms with Gasteiger partial charge >= 0.3 is 0 Å². The number of benzene rings is 2. The average Bonchev–Trinajstić information content (AvgIpc) is 3.18. The summed E-state index contributed by atoms with van der Waals surface area (Å²) in [6, 6.07) is 16.7. The molecule has 0 amide bonds. The minimum Gasteiger partial charge on any atom is -0.383 e. The lowest BCUT2D eigenvalue weighted by molar-refractivity contribution is 0.600. The molecule has 29 heavy (non-hydrogen) atoms. The number of rotatable bonds is 6. The Bertz CT molecular complexity index is 1270. The molecule has 3 N–H and O–H groups in total. The van der Waals surface area contributed by atoms with Crippen molar-refractivity contribution in [1.82, 2.24) is 14.6 Å². The van der Waals surface area contributed by atoms with Gasteiger partial charge in [-0.15, -0.1) is 0 Å². The molecule has 0 saturated carbocycles. The molecule has 0 bridgehead atoms. The summed E-state index contributed by atoms with van der Waals surface area (Å²) >= 11 is 0. The highest BCUT2D eigenvalue weighted by atomic mass is 32.2. The van der Waals surface area contributed by atoms with Crippen LogP contribution in [0.1, 0.15) is 11.1 Å². The van der Waals surface area contributed by atoms with Crippen LogP contribution in [0.5, 0.6) is 0 Å². The van der Waals surface area contributed by atoms with Crippen molar-refractivity contribution < 1.29 is 8.42 Å². The molecule has 0 fully saturated rings. The number of sulfonamides is 1. The molecule has 2 aromatic heterocycles. The van der Waals surface area contributed by atoms with Gasteiger partial charge in [-0.05, 0) is 42.2 Å². The van der Waals surface area contributed by atoms with Gasteiger partial charge in [0, 0.05) is 23.5 Å². The third-order valence-corrected chi connectivity index (χ3v) is 6.03. The second-order valence-electron chi connectivity index (χ2n) is 6.84. The topological polar surface area (TPSA) is 102 Å². The van der Waals surface area contributed by atoms with Crippen LogP contribution in [-0.4, -0.2) is 28.8 Å². The van der Waals surface area contributed by atoms with Gasteiger partial charge in [-0.3, -0.25) is 4.72 Å². The van der Waals surface area contributed by atoms with E-state index in [1.807, 2.05) is 43.3 Å². The molecule has 4 aromatic rings. The molecule has 0 aliphatic carbocycles. The van der Waals surface area contributed by atoms with E-state index in [9.17, 15) is 8.42 Å². The summed E-state index contributed by atoms with van der Waals surface area (Å²) in [6.45, 7) is 1.91. The van der Waals surface area contributed by atoms with Gasteiger partial charge < -0.3 is 5.73 Å². The zero-order valence-electron chi connectivity index (χ0n) is 15.9. The fraction of sp³-hybridized carbons (Fsp3) is 0.143. The Balaban J connectivity index is 1.54. The van der Waals surface area contributed by atoms with Crippen molar-refractivity contribution in [1.29, 1.82) is 0 Å². The number of aryl methyl sites for hydroxylation is 2. The maximum absolute atomic E-state index is 12.5. The number of fused-ring (bicyclic) bond motifs is 1. The Hall–Kier alpha value is -3.39. The molecule has 0 spiro atoms. The predicted molar refractivity (Wildman–Crippen MR) is 115 cm³/mol. The van der Waals surface area contributed by atoms with E-state index in [1.165, 1.54) is 0 Å². The van der Waals surface area contributed by atoms with Crippen LogP contribution >= 0.6 is 0 Å². The van der Waals surface area contributed by atoms with E-state index in [1.54, 1.807) is 35.1 Å². The lowest BCUT2D eigenvalue weighted by Gasteiger charge is -2.13. The summed E-state index contributed by atoms with van der Waals surface area (Å²) in [7, 11) is -3.46. The predicted octanol–water partition coefficient (Wildman–Crippen LogP) is 3.27. The third kappa shape index (κ3) is 4.07. The molecule has 8 heteroatoms. The quantitative estimate of drug-likeness (QED) is 0.511. The number of anilines is 2. The van der Waals surface area contributed by atoms with Gasteiger partial charge in [0.15, 0.2) is 5.65 Å². The summed E-state index contributed by atoms with van der Waals surface area (Å²) in [5, 5.41) is 4.18. The molecule has 0 saturated heterocycles. The van der Waals surface area contributed by atoms with Gasteiger partial charge in [0.25, 0.3) is 0 Å². The summed E-state index contributed by atoms with van der Waals surface area (Å²) in [5.41, 5.74) is 10.9. The summed E-state index contributed by atoms with van der Waals surface area (Å²) in [4.78, 5) is 4.36. The van der Waals surface area contributed by atoms with Crippen LogP contribution in [0.3, 0.4) is 0 Å². The van der Waals surface area contributed by atoms with Gasteiger partial charge in [0.1, 0.15) is 5.82 Å². The molecule has 0 aliphatic rings. The van der Waals surface area contributed by atoms with E-state index in [0.717, 1.165) is 22.3 Å². The highest BCUT2D eigenvalue weighted by Gasteiger charge is 2.14. The molecule has 2 aromatic carbocycles. The van der Waals surface area contributed by atoms with Crippen molar-refractivity contribution in [3.63, 3.8) is 0 Å². The Kier molecular flexibility index (Phi) is 4.94. The van der Waals surface area contributed by atoms with Crippen LogP contribution in [0.25, 0.3) is 16.8 Å². The van der Waals surface area contributed by atoms with Crippen molar-refractivity contribution in [2.45, 2.75) is 13.3 Å². The molecule has 148 valence electrons. The lowest BCUT2D eigenvalue weighted by atomic mass is 10.0. The van der Waals surface area contributed by atoms with E-state index in [4.69, 9.17) is 5.73 Å². The molecular weight excluding hydrogens is 386 g/mol. The molecule has 2 heterocycles. The number of nitrogens with one attached hydrogen (secondary N) is 1. The Morgan fingerprint density at radius 3 is 2.62 bits per heavy atom. The van der Waals surface area contributed by atoms with E-state index in [-0.39, 0.29) is 5.75 Å². The van der Waals surface area contributed by atoms with Crippen molar-refractivity contribution >= 4 is 27.2 Å². The second-order valence-corrected chi connectivity index (χ2v) is 8.69. The molecule has 0 atom stereocenters. The molecule has 0 radical (unpaired) electrons. The number of nitrogens with zero attached hydrogens (tertiary/aromatic N) is 3. The SMILES string of the molecule is Cc1cc(NS(=O)(=O)CCc2ccccc2)ccc1-c1cnc2ccnn2c1N. The Morgan fingerprint density at radius 2 is 1.86 bits per heavy atom. The maximum Gasteiger partial charge on any atom is 0.233 e. The van der Waals surface area contributed by atoms with Gasteiger partial charge in [0.05, 0.1) is 11.9 Å². The second kappa shape index (κ2) is 7.56. The largest absolute Gasteiger partial charge is 0.383 e. The standard InChI is InChI=1S/C21H21N5O2S/c1-15-13-17(25-29(27,28)12-10-16-5-3-2-4-6-16)7-8-18(15)19-14-23-20-9-11-24-26(20)21(19)22/h2-9,11,13-14,25H,10,12,22H2,1H3. The summed E-state index contributed by atoms with van der Waals surface area (Å²) in [5.74, 6) is 0.504. The van der Waals surface area contributed by atoms with Crippen molar-refractivity contribution in [3.8, 4) is 11.1 Å². The first-order valence-electron chi connectivity index (χ1n) is 9.16. The highest BCUT2D eigenvalue weighted by molar-refractivity contribution is 7.92. The van der Waals surface area contributed by atoms with E-state index >= 15 is 0 Å². The minimum absolute atomic E-state index is 0.0185. The lowest BCUT2D eigenvalue weighted by Crippen LogP contribution is -2.18. The van der Waals surface area contributed by atoms with Gasteiger partial charge in [-0.1, -0.05) is 36.4 Å². The monoisotopic (exact) mass is 407 g/mol.